The van der Waals surface area contributed by atoms with Crippen molar-refractivity contribution in [2.24, 2.45) is 5.73 Å². The average molecular weight is 222 g/mol. The number of amides is 1. The molecule has 1 amide bonds. The number of nitrogens with one attached hydrogen (secondary N) is 1. The summed E-state index contributed by atoms with van der Waals surface area (Å²) in [6, 6.07) is 2.02. The van der Waals surface area contributed by atoms with Crippen molar-refractivity contribution in [3.63, 3.8) is 0 Å². The SMILES string of the molecule is NCCC1CCCCN1C(=O)c1ccn[nH]1. The fourth-order valence-corrected chi connectivity index (χ4v) is 2.29. The molecule has 1 saturated heterocycles. The predicted octanol–water partition coefficient (Wildman–Crippen LogP) is 0.753. The zero-order valence-corrected chi connectivity index (χ0v) is 9.35. The van der Waals surface area contributed by atoms with Crippen LogP contribution in [0.25, 0.3) is 0 Å². The third-order valence-electron chi connectivity index (χ3n) is 3.12. The molecule has 1 atom stereocenters. The van der Waals surface area contributed by atoms with Crippen LogP contribution in [0, 0.1) is 0 Å². The van der Waals surface area contributed by atoms with E-state index in [4.69, 9.17) is 5.73 Å². The van der Waals surface area contributed by atoms with E-state index < -0.39 is 0 Å². The van der Waals surface area contributed by atoms with Gasteiger partial charge >= 0.3 is 0 Å². The molecule has 1 aliphatic rings. The molecule has 5 heteroatoms. The van der Waals surface area contributed by atoms with Crippen molar-refractivity contribution in [1.82, 2.24) is 15.1 Å². The van der Waals surface area contributed by atoms with Crippen LogP contribution in [0.5, 0.6) is 0 Å². The molecule has 88 valence electrons. The molecule has 5 nitrogen and oxygen atoms in total. The lowest BCUT2D eigenvalue weighted by molar-refractivity contribution is 0.0599. The Morgan fingerprint density at radius 3 is 3.19 bits per heavy atom. The minimum Gasteiger partial charge on any atom is -0.334 e. The van der Waals surface area contributed by atoms with Gasteiger partial charge in [0.05, 0.1) is 0 Å². The molecule has 0 aromatic carbocycles. The molecular weight excluding hydrogens is 204 g/mol. The molecule has 0 radical (unpaired) electrons. The molecule has 1 aliphatic heterocycles. The van der Waals surface area contributed by atoms with E-state index >= 15 is 0 Å². The number of piperidine rings is 1. The summed E-state index contributed by atoms with van der Waals surface area (Å²) >= 11 is 0. The third-order valence-corrected chi connectivity index (χ3v) is 3.12. The number of hydrogen-bond acceptors (Lipinski definition) is 3. The van der Waals surface area contributed by atoms with E-state index in [0.717, 1.165) is 25.8 Å². The van der Waals surface area contributed by atoms with E-state index in [-0.39, 0.29) is 5.91 Å². The molecule has 1 aromatic heterocycles. The van der Waals surface area contributed by atoms with Crippen molar-refractivity contribution >= 4 is 5.91 Å². The Labute approximate surface area is 95.0 Å². The van der Waals surface area contributed by atoms with Crippen molar-refractivity contribution in [3.8, 4) is 0 Å². The average Bonchev–Trinajstić information content (AvgIpc) is 2.83. The number of nitrogens with zero attached hydrogens (tertiary/aromatic N) is 2. The summed E-state index contributed by atoms with van der Waals surface area (Å²) in [5.74, 6) is 0.0515. The molecule has 1 unspecified atom stereocenters. The number of rotatable bonds is 3. The van der Waals surface area contributed by atoms with Crippen molar-refractivity contribution in [2.45, 2.75) is 31.7 Å². The maximum Gasteiger partial charge on any atom is 0.272 e. The summed E-state index contributed by atoms with van der Waals surface area (Å²) in [5, 5.41) is 6.54. The minimum absolute atomic E-state index is 0.0515. The maximum absolute atomic E-state index is 12.2. The summed E-state index contributed by atoms with van der Waals surface area (Å²) < 4.78 is 0. The number of aromatic amines is 1. The molecule has 3 N–H and O–H groups in total. The van der Waals surface area contributed by atoms with Crippen molar-refractivity contribution < 1.29 is 4.79 Å². The van der Waals surface area contributed by atoms with Gasteiger partial charge in [0.25, 0.3) is 5.91 Å². The zero-order chi connectivity index (χ0) is 11.4. The van der Waals surface area contributed by atoms with Crippen molar-refractivity contribution in [2.75, 3.05) is 13.1 Å². The Bertz CT molecular complexity index is 334. The zero-order valence-electron chi connectivity index (χ0n) is 9.35. The van der Waals surface area contributed by atoms with Gasteiger partial charge in [-0.3, -0.25) is 9.89 Å². The molecule has 2 rings (SSSR count). The fraction of sp³-hybridized carbons (Fsp3) is 0.636. The van der Waals surface area contributed by atoms with E-state index in [0.29, 0.717) is 18.3 Å². The highest BCUT2D eigenvalue weighted by molar-refractivity contribution is 5.92. The third kappa shape index (κ3) is 2.24. The predicted molar refractivity (Wildman–Crippen MR) is 60.9 cm³/mol. The minimum atomic E-state index is 0.0515. The summed E-state index contributed by atoms with van der Waals surface area (Å²) in [7, 11) is 0. The van der Waals surface area contributed by atoms with E-state index in [1.165, 1.54) is 6.42 Å². The normalized spacial score (nSPS) is 21.1. The maximum atomic E-state index is 12.2. The Morgan fingerprint density at radius 2 is 2.50 bits per heavy atom. The van der Waals surface area contributed by atoms with Gasteiger partial charge in [-0.1, -0.05) is 0 Å². The summed E-state index contributed by atoms with van der Waals surface area (Å²) in [6.07, 6.45) is 5.84. The van der Waals surface area contributed by atoms with Crippen molar-refractivity contribution in [1.29, 1.82) is 0 Å². The lowest BCUT2D eigenvalue weighted by Gasteiger charge is -2.35. The van der Waals surface area contributed by atoms with E-state index in [9.17, 15) is 4.79 Å². The summed E-state index contributed by atoms with van der Waals surface area (Å²) in [4.78, 5) is 14.1. The van der Waals surface area contributed by atoms with Crippen LogP contribution in [0.15, 0.2) is 12.3 Å². The van der Waals surface area contributed by atoms with Crippen LogP contribution in [0.2, 0.25) is 0 Å². The number of carbonyl (C=O) groups is 1. The Balaban J connectivity index is 2.08. The smallest absolute Gasteiger partial charge is 0.272 e. The molecule has 1 aromatic rings. The quantitative estimate of drug-likeness (QED) is 0.792. The number of hydrogen-bond donors (Lipinski definition) is 2. The molecular formula is C11H18N4O. The van der Waals surface area contributed by atoms with Gasteiger partial charge in [-0.05, 0) is 38.3 Å². The number of aromatic nitrogens is 2. The number of likely N-dealkylation sites (tertiary alicyclic amines) is 1. The van der Waals surface area contributed by atoms with E-state index in [1.807, 2.05) is 4.90 Å². The van der Waals surface area contributed by atoms with Gasteiger partial charge in [0.1, 0.15) is 5.69 Å². The Kier molecular flexibility index (Phi) is 3.56. The lowest BCUT2D eigenvalue weighted by atomic mass is 9.99. The lowest BCUT2D eigenvalue weighted by Crippen LogP contribution is -2.44. The van der Waals surface area contributed by atoms with Gasteiger partial charge in [0, 0.05) is 18.8 Å². The molecule has 0 spiro atoms. The van der Waals surface area contributed by atoms with Gasteiger partial charge in [0.2, 0.25) is 0 Å². The van der Waals surface area contributed by atoms with E-state index in [1.54, 1.807) is 12.3 Å². The van der Waals surface area contributed by atoms with Crippen LogP contribution in [-0.2, 0) is 0 Å². The molecule has 0 saturated carbocycles. The summed E-state index contributed by atoms with van der Waals surface area (Å²) in [6.45, 7) is 1.47. The van der Waals surface area contributed by atoms with Gasteiger partial charge in [-0.15, -0.1) is 0 Å². The molecule has 0 bridgehead atoms. The molecule has 1 fully saturated rings. The van der Waals surface area contributed by atoms with Crippen LogP contribution in [0.4, 0.5) is 0 Å². The fourth-order valence-electron chi connectivity index (χ4n) is 2.29. The second-order valence-corrected chi connectivity index (χ2v) is 4.20. The van der Waals surface area contributed by atoms with Crippen LogP contribution in [0.1, 0.15) is 36.2 Å². The second kappa shape index (κ2) is 5.12. The van der Waals surface area contributed by atoms with Gasteiger partial charge in [-0.2, -0.15) is 5.10 Å². The van der Waals surface area contributed by atoms with E-state index in [2.05, 4.69) is 10.2 Å². The first-order valence-corrected chi connectivity index (χ1v) is 5.83. The molecule has 16 heavy (non-hydrogen) atoms. The first-order chi connectivity index (χ1) is 7.83. The van der Waals surface area contributed by atoms with Crippen LogP contribution < -0.4 is 5.73 Å². The number of H-pyrrole nitrogens is 1. The first kappa shape index (κ1) is 11.1. The Hall–Kier alpha value is -1.36. The van der Waals surface area contributed by atoms with Crippen LogP contribution >= 0.6 is 0 Å². The Morgan fingerprint density at radius 1 is 1.62 bits per heavy atom. The number of carbonyl (C=O) groups excluding carboxylic acids is 1. The summed E-state index contributed by atoms with van der Waals surface area (Å²) in [5.41, 5.74) is 6.16. The number of nitrogens with two attached hydrogens (primary N) is 1. The molecule has 2 heterocycles. The van der Waals surface area contributed by atoms with Gasteiger partial charge in [0.15, 0.2) is 0 Å². The molecule has 0 aliphatic carbocycles. The highest BCUT2D eigenvalue weighted by Crippen LogP contribution is 2.20. The van der Waals surface area contributed by atoms with Gasteiger partial charge in [-0.25, -0.2) is 0 Å². The monoisotopic (exact) mass is 222 g/mol. The first-order valence-electron chi connectivity index (χ1n) is 5.83. The van der Waals surface area contributed by atoms with Crippen LogP contribution in [-0.4, -0.2) is 40.1 Å². The van der Waals surface area contributed by atoms with Crippen LogP contribution in [0.3, 0.4) is 0 Å². The van der Waals surface area contributed by atoms with Crippen molar-refractivity contribution in [3.05, 3.63) is 18.0 Å². The second-order valence-electron chi connectivity index (χ2n) is 4.20. The highest BCUT2D eigenvalue weighted by atomic mass is 16.2. The topological polar surface area (TPSA) is 75.0 Å². The van der Waals surface area contributed by atoms with Gasteiger partial charge < -0.3 is 10.6 Å². The largest absolute Gasteiger partial charge is 0.334 e. The standard InChI is InChI=1S/C11H18N4O/c12-6-4-9-3-1-2-8-15(9)11(16)10-5-7-13-14-10/h5,7,9H,1-4,6,8,12H2,(H,13,14). The highest BCUT2D eigenvalue weighted by Gasteiger charge is 2.27.